The average Bonchev–Trinajstić information content (AvgIpc) is 2.51. The van der Waals surface area contributed by atoms with Crippen LogP contribution in [0.2, 0.25) is 0 Å². The van der Waals surface area contributed by atoms with E-state index in [-0.39, 0.29) is 36.1 Å². The third-order valence-corrected chi connectivity index (χ3v) is 3.43. The number of carbonyl (C=O) groups is 2. The molecule has 4 N–H and O–H groups in total. The number of carbonyl (C=O) groups excluding carboxylic acids is 2. The van der Waals surface area contributed by atoms with Gasteiger partial charge in [-0.2, -0.15) is 8.78 Å². The van der Waals surface area contributed by atoms with Gasteiger partial charge in [0.1, 0.15) is 5.75 Å². The minimum atomic E-state index is -2.88. The highest BCUT2D eigenvalue weighted by Gasteiger charge is 2.18. The Kier molecular flexibility index (Phi) is 7.57. The number of hydrogen-bond acceptors (Lipinski definition) is 4. The lowest BCUT2D eigenvalue weighted by atomic mass is 10.1. The van der Waals surface area contributed by atoms with Gasteiger partial charge in [0.25, 0.3) is 0 Å². The van der Waals surface area contributed by atoms with E-state index >= 15 is 0 Å². The van der Waals surface area contributed by atoms with Crippen molar-refractivity contribution in [1.29, 1.82) is 0 Å². The highest BCUT2D eigenvalue weighted by molar-refractivity contribution is 5.87. The third kappa shape index (κ3) is 6.49. The van der Waals surface area contributed by atoms with Crippen LogP contribution in [0.3, 0.4) is 0 Å². The molecule has 8 heteroatoms. The summed E-state index contributed by atoms with van der Waals surface area (Å²) in [5.74, 6) is -0.746. The SMILES string of the molecule is CC(NC(=O)CNC(=O)[C@@H](N)C(C)C)c1ccc(OC(F)F)cc1. The molecule has 6 nitrogen and oxygen atoms in total. The lowest BCUT2D eigenvalue weighted by Gasteiger charge is -2.17. The molecule has 2 amide bonds. The van der Waals surface area contributed by atoms with Gasteiger partial charge in [-0.15, -0.1) is 0 Å². The first-order chi connectivity index (χ1) is 11.2. The molecule has 134 valence electrons. The van der Waals surface area contributed by atoms with Gasteiger partial charge in [-0.05, 0) is 30.5 Å². The number of ether oxygens (including phenoxy) is 1. The molecule has 1 aromatic rings. The summed E-state index contributed by atoms with van der Waals surface area (Å²) in [6.45, 7) is 2.30. The monoisotopic (exact) mass is 343 g/mol. The number of hydrogen-bond donors (Lipinski definition) is 3. The largest absolute Gasteiger partial charge is 0.435 e. The van der Waals surface area contributed by atoms with Gasteiger partial charge in [0.15, 0.2) is 0 Å². The van der Waals surface area contributed by atoms with E-state index in [0.29, 0.717) is 0 Å². The number of amides is 2. The first-order valence-electron chi connectivity index (χ1n) is 7.58. The molecule has 0 aliphatic rings. The van der Waals surface area contributed by atoms with Crippen molar-refractivity contribution >= 4 is 11.8 Å². The molecular weight excluding hydrogens is 320 g/mol. The molecule has 1 aromatic carbocycles. The molecular formula is C16H23F2N3O3. The lowest BCUT2D eigenvalue weighted by Crippen LogP contribution is -2.47. The van der Waals surface area contributed by atoms with E-state index in [1.54, 1.807) is 19.1 Å². The quantitative estimate of drug-likeness (QED) is 0.668. The fraction of sp³-hybridized carbons (Fsp3) is 0.500. The van der Waals surface area contributed by atoms with Gasteiger partial charge >= 0.3 is 6.61 Å². The summed E-state index contributed by atoms with van der Waals surface area (Å²) in [6.07, 6.45) is 0. The van der Waals surface area contributed by atoms with Crippen LogP contribution in [0.25, 0.3) is 0 Å². The van der Waals surface area contributed by atoms with E-state index in [9.17, 15) is 18.4 Å². The van der Waals surface area contributed by atoms with Gasteiger partial charge in [-0.3, -0.25) is 9.59 Å². The second-order valence-electron chi connectivity index (χ2n) is 5.72. The average molecular weight is 343 g/mol. The Hall–Kier alpha value is -2.22. The Labute approximate surface area is 139 Å². The van der Waals surface area contributed by atoms with Crippen molar-refractivity contribution in [3.63, 3.8) is 0 Å². The van der Waals surface area contributed by atoms with E-state index in [1.807, 2.05) is 13.8 Å². The lowest BCUT2D eigenvalue weighted by molar-refractivity contribution is -0.127. The second kappa shape index (κ2) is 9.17. The van der Waals surface area contributed by atoms with Crippen molar-refractivity contribution in [2.75, 3.05) is 6.54 Å². The standard InChI is InChI=1S/C16H23F2N3O3/c1-9(2)14(19)15(23)20-8-13(22)21-10(3)11-4-6-12(7-5-11)24-16(17)18/h4-7,9-10,14,16H,8,19H2,1-3H3,(H,20,23)(H,21,22)/t10?,14-/m0/s1. The van der Waals surface area contributed by atoms with Crippen LogP contribution < -0.4 is 21.1 Å². The minimum absolute atomic E-state index is 0.0269. The van der Waals surface area contributed by atoms with Crippen molar-refractivity contribution in [2.45, 2.75) is 39.5 Å². The Bertz CT molecular complexity index is 550. The van der Waals surface area contributed by atoms with Crippen molar-refractivity contribution in [3.05, 3.63) is 29.8 Å². The van der Waals surface area contributed by atoms with E-state index in [0.717, 1.165) is 5.56 Å². The highest BCUT2D eigenvalue weighted by atomic mass is 19.3. The normalized spacial score (nSPS) is 13.5. The summed E-state index contributed by atoms with van der Waals surface area (Å²) in [4.78, 5) is 23.5. The summed E-state index contributed by atoms with van der Waals surface area (Å²) < 4.78 is 28.4. The van der Waals surface area contributed by atoms with Gasteiger partial charge in [-0.25, -0.2) is 0 Å². The fourth-order valence-corrected chi connectivity index (χ4v) is 1.90. The summed E-state index contributed by atoms with van der Waals surface area (Å²) >= 11 is 0. The van der Waals surface area contributed by atoms with E-state index in [4.69, 9.17) is 5.73 Å². The van der Waals surface area contributed by atoms with Crippen molar-refractivity contribution in [2.24, 2.45) is 11.7 Å². The molecule has 2 atom stereocenters. The molecule has 0 fully saturated rings. The first-order valence-corrected chi connectivity index (χ1v) is 7.58. The summed E-state index contributed by atoms with van der Waals surface area (Å²) in [5, 5.41) is 5.17. The molecule has 0 saturated heterocycles. The molecule has 24 heavy (non-hydrogen) atoms. The molecule has 0 aliphatic heterocycles. The molecule has 0 aromatic heterocycles. The predicted molar refractivity (Wildman–Crippen MR) is 85.5 cm³/mol. The zero-order valence-corrected chi connectivity index (χ0v) is 13.9. The molecule has 1 unspecified atom stereocenters. The zero-order chi connectivity index (χ0) is 18.3. The van der Waals surface area contributed by atoms with Crippen LogP contribution in [0.1, 0.15) is 32.4 Å². The number of nitrogens with one attached hydrogen (secondary N) is 2. The zero-order valence-electron chi connectivity index (χ0n) is 13.9. The molecule has 0 saturated carbocycles. The number of nitrogens with two attached hydrogens (primary N) is 1. The van der Waals surface area contributed by atoms with Gasteiger partial charge < -0.3 is 21.1 Å². The van der Waals surface area contributed by atoms with Gasteiger partial charge in [0.05, 0.1) is 18.6 Å². The summed E-state index contributed by atoms with van der Waals surface area (Å²) in [6, 6.07) is 4.93. The van der Waals surface area contributed by atoms with Gasteiger partial charge in [0.2, 0.25) is 11.8 Å². The Balaban J connectivity index is 2.47. The number of halogens is 2. The second-order valence-corrected chi connectivity index (χ2v) is 5.72. The maximum Gasteiger partial charge on any atom is 0.387 e. The molecule has 0 radical (unpaired) electrons. The van der Waals surface area contributed by atoms with E-state index < -0.39 is 12.7 Å². The van der Waals surface area contributed by atoms with Crippen molar-refractivity contribution < 1.29 is 23.1 Å². The van der Waals surface area contributed by atoms with Crippen LogP contribution in [-0.4, -0.2) is 31.0 Å². The van der Waals surface area contributed by atoms with Gasteiger partial charge in [-0.1, -0.05) is 26.0 Å². The summed E-state index contributed by atoms with van der Waals surface area (Å²) in [7, 11) is 0. The molecule has 0 spiro atoms. The highest BCUT2D eigenvalue weighted by Crippen LogP contribution is 2.19. The topological polar surface area (TPSA) is 93.5 Å². The molecule has 1 rings (SSSR count). The Morgan fingerprint density at radius 3 is 2.25 bits per heavy atom. The minimum Gasteiger partial charge on any atom is -0.435 e. The number of rotatable bonds is 8. The summed E-state index contributed by atoms with van der Waals surface area (Å²) in [5.41, 5.74) is 6.40. The Morgan fingerprint density at radius 2 is 1.75 bits per heavy atom. The molecule has 0 heterocycles. The van der Waals surface area contributed by atoms with Crippen molar-refractivity contribution in [1.82, 2.24) is 10.6 Å². The van der Waals surface area contributed by atoms with Crippen LogP contribution in [0.4, 0.5) is 8.78 Å². The van der Waals surface area contributed by atoms with E-state index in [2.05, 4.69) is 15.4 Å². The number of alkyl halides is 2. The van der Waals surface area contributed by atoms with Crippen LogP contribution in [0.5, 0.6) is 5.75 Å². The smallest absolute Gasteiger partial charge is 0.387 e. The van der Waals surface area contributed by atoms with Crippen LogP contribution in [0.15, 0.2) is 24.3 Å². The van der Waals surface area contributed by atoms with Crippen LogP contribution in [0, 0.1) is 5.92 Å². The maximum atomic E-state index is 12.1. The van der Waals surface area contributed by atoms with E-state index in [1.165, 1.54) is 12.1 Å². The van der Waals surface area contributed by atoms with Gasteiger partial charge in [0, 0.05) is 0 Å². The molecule has 0 bridgehead atoms. The predicted octanol–water partition coefficient (Wildman–Crippen LogP) is 1.56. The van der Waals surface area contributed by atoms with Crippen LogP contribution >= 0.6 is 0 Å². The maximum absolute atomic E-state index is 12.1. The van der Waals surface area contributed by atoms with Crippen molar-refractivity contribution in [3.8, 4) is 5.75 Å². The van der Waals surface area contributed by atoms with Crippen LogP contribution in [-0.2, 0) is 9.59 Å². The third-order valence-electron chi connectivity index (χ3n) is 3.43. The fourth-order valence-electron chi connectivity index (χ4n) is 1.90. The Morgan fingerprint density at radius 1 is 1.17 bits per heavy atom. The number of benzene rings is 1. The first kappa shape index (κ1) is 19.8. The molecule has 0 aliphatic carbocycles.